The lowest BCUT2D eigenvalue weighted by atomic mass is 10.1. The highest BCUT2D eigenvalue weighted by atomic mass is 32.2. The van der Waals surface area contributed by atoms with Crippen molar-refractivity contribution in [3.63, 3.8) is 0 Å². The summed E-state index contributed by atoms with van der Waals surface area (Å²) in [6, 6.07) is 8.58. The predicted octanol–water partition coefficient (Wildman–Crippen LogP) is 4.65. The van der Waals surface area contributed by atoms with Gasteiger partial charge in [-0.3, -0.25) is 14.5 Å². The van der Waals surface area contributed by atoms with E-state index in [2.05, 4.69) is 41.5 Å². The van der Waals surface area contributed by atoms with Gasteiger partial charge >= 0.3 is 0 Å². The van der Waals surface area contributed by atoms with Crippen LogP contribution < -0.4 is 5.32 Å². The molecule has 5 nitrogen and oxygen atoms in total. The molecule has 1 aromatic heterocycles. The van der Waals surface area contributed by atoms with Gasteiger partial charge in [0.2, 0.25) is 11.8 Å². The summed E-state index contributed by atoms with van der Waals surface area (Å²) < 4.78 is 0.624. The van der Waals surface area contributed by atoms with Gasteiger partial charge in [-0.05, 0) is 30.4 Å². The first-order chi connectivity index (χ1) is 14.0. The number of nitrogens with zero attached hydrogens (tertiary/aromatic N) is 2. The Labute approximate surface area is 185 Å². The maximum absolute atomic E-state index is 12.2. The van der Waals surface area contributed by atoms with Crippen molar-refractivity contribution in [2.75, 3.05) is 11.9 Å². The first-order valence-electron chi connectivity index (χ1n) is 9.84. The van der Waals surface area contributed by atoms with Gasteiger partial charge in [0.25, 0.3) is 0 Å². The number of hydrogen-bond acceptors (Lipinski definition) is 6. The number of thioether (sulfide) groups is 1. The molecule has 1 unspecified atom stereocenters. The minimum Gasteiger partial charge on any atom is -0.302 e. The summed E-state index contributed by atoms with van der Waals surface area (Å²) in [5.74, 6) is -0.0186. The SMILES string of the molecule is CCc1ccc(Cc2cnc(NC(=O)CCCN3C(=O)C(CC)SC3=S)s2)cc1. The van der Waals surface area contributed by atoms with Gasteiger partial charge in [-0.1, -0.05) is 62.1 Å². The number of anilines is 1. The number of aryl methyl sites for hydroxylation is 1. The van der Waals surface area contributed by atoms with Crippen molar-refractivity contribution in [3.8, 4) is 0 Å². The molecule has 1 aliphatic rings. The van der Waals surface area contributed by atoms with Gasteiger partial charge < -0.3 is 5.32 Å². The zero-order valence-corrected chi connectivity index (χ0v) is 19.1. The number of nitrogens with one attached hydrogen (secondary N) is 1. The van der Waals surface area contributed by atoms with Crippen LogP contribution in [0.5, 0.6) is 0 Å². The fourth-order valence-electron chi connectivity index (χ4n) is 3.08. The van der Waals surface area contributed by atoms with Crippen molar-refractivity contribution in [2.45, 2.75) is 51.2 Å². The lowest BCUT2D eigenvalue weighted by Crippen LogP contribution is -2.32. The number of aromatic nitrogens is 1. The Bertz CT molecular complexity index is 880. The summed E-state index contributed by atoms with van der Waals surface area (Å²) in [6.45, 7) is 4.62. The van der Waals surface area contributed by atoms with Crippen LogP contribution >= 0.6 is 35.3 Å². The molecule has 2 heterocycles. The van der Waals surface area contributed by atoms with Crippen molar-refractivity contribution in [2.24, 2.45) is 0 Å². The van der Waals surface area contributed by atoms with Crippen LogP contribution in [0.3, 0.4) is 0 Å². The Morgan fingerprint density at radius 2 is 1.97 bits per heavy atom. The van der Waals surface area contributed by atoms with E-state index in [1.54, 1.807) is 4.90 Å². The maximum atomic E-state index is 12.2. The van der Waals surface area contributed by atoms with E-state index in [0.29, 0.717) is 28.8 Å². The Morgan fingerprint density at radius 3 is 2.62 bits per heavy atom. The van der Waals surface area contributed by atoms with E-state index in [9.17, 15) is 9.59 Å². The van der Waals surface area contributed by atoms with Crippen LogP contribution in [-0.4, -0.2) is 37.8 Å². The van der Waals surface area contributed by atoms with Crippen LogP contribution in [0.25, 0.3) is 0 Å². The molecule has 0 saturated carbocycles. The van der Waals surface area contributed by atoms with Crippen molar-refractivity contribution in [1.82, 2.24) is 9.88 Å². The molecule has 154 valence electrons. The van der Waals surface area contributed by atoms with Crippen LogP contribution in [0, 0.1) is 0 Å². The van der Waals surface area contributed by atoms with Crippen molar-refractivity contribution in [3.05, 3.63) is 46.5 Å². The lowest BCUT2D eigenvalue weighted by Gasteiger charge is -2.14. The molecule has 1 aliphatic heterocycles. The van der Waals surface area contributed by atoms with E-state index in [1.165, 1.54) is 34.2 Å². The summed E-state index contributed by atoms with van der Waals surface area (Å²) >= 11 is 8.22. The average molecular weight is 448 g/mol. The van der Waals surface area contributed by atoms with E-state index in [-0.39, 0.29) is 17.1 Å². The van der Waals surface area contributed by atoms with Crippen LogP contribution in [0.1, 0.15) is 49.1 Å². The Balaban J connectivity index is 1.44. The zero-order valence-electron chi connectivity index (χ0n) is 16.6. The van der Waals surface area contributed by atoms with Gasteiger partial charge in [-0.2, -0.15) is 0 Å². The molecule has 0 aliphatic carbocycles. The molecule has 0 bridgehead atoms. The number of benzene rings is 1. The molecule has 1 fully saturated rings. The number of carbonyl (C=O) groups is 2. The number of hydrogen-bond donors (Lipinski definition) is 1. The summed E-state index contributed by atoms with van der Waals surface area (Å²) in [7, 11) is 0. The average Bonchev–Trinajstić information content (AvgIpc) is 3.26. The van der Waals surface area contributed by atoms with E-state index >= 15 is 0 Å². The third-order valence-electron chi connectivity index (χ3n) is 4.77. The van der Waals surface area contributed by atoms with Gasteiger partial charge in [0, 0.05) is 30.5 Å². The van der Waals surface area contributed by atoms with Crippen LogP contribution in [0.2, 0.25) is 0 Å². The van der Waals surface area contributed by atoms with Crippen molar-refractivity contribution < 1.29 is 9.59 Å². The number of rotatable bonds is 9. The van der Waals surface area contributed by atoms with E-state index in [1.807, 2.05) is 13.1 Å². The Hall–Kier alpha value is -1.77. The fraction of sp³-hybridized carbons (Fsp3) is 0.429. The second kappa shape index (κ2) is 10.3. The van der Waals surface area contributed by atoms with Crippen molar-refractivity contribution in [1.29, 1.82) is 0 Å². The van der Waals surface area contributed by atoms with Crippen LogP contribution in [-0.2, 0) is 22.4 Å². The molecular weight excluding hydrogens is 422 g/mol. The highest BCUT2D eigenvalue weighted by Crippen LogP contribution is 2.29. The molecule has 1 saturated heterocycles. The number of carbonyl (C=O) groups excluding carboxylic acids is 2. The van der Waals surface area contributed by atoms with Crippen LogP contribution in [0.15, 0.2) is 30.5 Å². The van der Waals surface area contributed by atoms with Crippen LogP contribution in [0.4, 0.5) is 5.13 Å². The number of thiazole rings is 1. The second-order valence-electron chi connectivity index (χ2n) is 6.90. The van der Waals surface area contributed by atoms with Gasteiger partial charge in [-0.15, -0.1) is 11.3 Å². The monoisotopic (exact) mass is 447 g/mol. The van der Waals surface area contributed by atoms with Gasteiger partial charge in [0.15, 0.2) is 5.13 Å². The molecule has 3 rings (SSSR count). The minimum atomic E-state index is -0.0875. The molecule has 0 radical (unpaired) electrons. The normalized spacial score (nSPS) is 16.5. The fourth-order valence-corrected chi connectivity index (χ4v) is 5.42. The third-order valence-corrected chi connectivity index (χ3v) is 7.43. The first-order valence-corrected chi connectivity index (χ1v) is 11.9. The third kappa shape index (κ3) is 5.87. The molecule has 1 aromatic carbocycles. The highest BCUT2D eigenvalue weighted by Gasteiger charge is 2.35. The molecule has 8 heteroatoms. The lowest BCUT2D eigenvalue weighted by molar-refractivity contribution is -0.126. The van der Waals surface area contributed by atoms with Crippen molar-refractivity contribution >= 4 is 56.6 Å². The number of thiocarbonyl (C=S) groups is 1. The zero-order chi connectivity index (χ0) is 20.8. The molecule has 29 heavy (non-hydrogen) atoms. The molecule has 1 atom stereocenters. The van der Waals surface area contributed by atoms with E-state index in [4.69, 9.17) is 12.2 Å². The Morgan fingerprint density at radius 1 is 1.24 bits per heavy atom. The number of amides is 2. The summed E-state index contributed by atoms with van der Waals surface area (Å²) in [6.07, 6.45) is 5.35. The summed E-state index contributed by atoms with van der Waals surface area (Å²) in [4.78, 5) is 31.5. The summed E-state index contributed by atoms with van der Waals surface area (Å²) in [5, 5.41) is 3.41. The molecule has 2 amide bonds. The largest absolute Gasteiger partial charge is 0.302 e. The summed E-state index contributed by atoms with van der Waals surface area (Å²) in [5.41, 5.74) is 2.56. The first kappa shape index (κ1) is 21.9. The topological polar surface area (TPSA) is 62.3 Å². The minimum absolute atomic E-state index is 0.0664. The Kier molecular flexibility index (Phi) is 7.80. The molecule has 0 spiro atoms. The predicted molar refractivity (Wildman–Crippen MR) is 125 cm³/mol. The molecular formula is C21H25N3O2S3. The second-order valence-corrected chi connectivity index (χ2v) is 9.85. The molecule has 2 aromatic rings. The quantitative estimate of drug-likeness (QED) is 0.567. The van der Waals surface area contributed by atoms with E-state index < -0.39 is 0 Å². The maximum Gasteiger partial charge on any atom is 0.241 e. The van der Waals surface area contributed by atoms with E-state index in [0.717, 1.165) is 24.1 Å². The van der Waals surface area contributed by atoms with Gasteiger partial charge in [-0.25, -0.2) is 4.98 Å². The highest BCUT2D eigenvalue weighted by molar-refractivity contribution is 8.24. The van der Waals surface area contributed by atoms with Gasteiger partial charge in [0.1, 0.15) is 4.32 Å². The molecule has 1 N–H and O–H groups in total. The van der Waals surface area contributed by atoms with Gasteiger partial charge in [0.05, 0.1) is 5.25 Å². The standard InChI is InChI=1S/C21H25N3O2S3/c1-3-14-7-9-15(10-8-14)12-16-13-22-20(28-16)23-18(25)6-5-11-24-19(26)17(4-2)29-21(24)27/h7-10,13,17H,3-6,11-12H2,1-2H3,(H,22,23,25). The smallest absolute Gasteiger partial charge is 0.241 e.